The van der Waals surface area contributed by atoms with Crippen molar-refractivity contribution in [2.75, 3.05) is 6.54 Å². The molecule has 0 saturated heterocycles. The second kappa shape index (κ2) is 6.05. The van der Waals surface area contributed by atoms with Gasteiger partial charge < -0.3 is 10.3 Å². The van der Waals surface area contributed by atoms with Gasteiger partial charge in [0.25, 0.3) is 0 Å². The monoisotopic (exact) mass is 255 g/mol. The Labute approximate surface area is 112 Å². The number of hydrogen-bond donors (Lipinski definition) is 2. The van der Waals surface area contributed by atoms with Crippen molar-refractivity contribution >= 4 is 16.8 Å². The normalized spacial score (nSPS) is 12.0. The van der Waals surface area contributed by atoms with E-state index in [1.807, 2.05) is 30.5 Å². The van der Waals surface area contributed by atoms with Gasteiger partial charge >= 0.3 is 0 Å². The molecule has 0 aliphatic carbocycles. The van der Waals surface area contributed by atoms with Gasteiger partial charge in [-0.3, -0.25) is 4.79 Å². The van der Waals surface area contributed by atoms with Crippen molar-refractivity contribution in [3.05, 3.63) is 36.0 Å². The van der Waals surface area contributed by atoms with Crippen molar-refractivity contribution in [3.8, 4) is 6.07 Å². The summed E-state index contributed by atoms with van der Waals surface area (Å²) in [4.78, 5) is 14.9. The molecule has 0 radical (unpaired) electrons. The molecule has 19 heavy (non-hydrogen) atoms. The van der Waals surface area contributed by atoms with Gasteiger partial charge in [0.1, 0.15) is 0 Å². The summed E-state index contributed by atoms with van der Waals surface area (Å²) in [6.45, 7) is 2.36. The van der Waals surface area contributed by atoms with Crippen LogP contribution in [0.15, 0.2) is 30.5 Å². The van der Waals surface area contributed by atoms with E-state index in [0.29, 0.717) is 6.54 Å². The summed E-state index contributed by atoms with van der Waals surface area (Å²) in [5, 5.41) is 12.6. The number of nitriles is 1. The third kappa shape index (κ3) is 3.14. The van der Waals surface area contributed by atoms with E-state index < -0.39 is 0 Å². The van der Waals surface area contributed by atoms with Gasteiger partial charge in [0, 0.05) is 36.0 Å². The van der Waals surface area contributed by atoms with Crippen molar-refractivity contribution in [3.63, 3.8) is 0 Å². The summed E-state index contributed by atoms with van der Waals surface area (Å²) in [5.74, 6) is -0.297. The molecule has 4 nitrogen and oxygen atoms in total. The van der Waals surface area contributed by atoms with Crippen LogP contribution >= 0.6 is 0 Å². The fourth-order valence-electron chi connectivity index (χ4n) is 2.06. The molecule has 1 heterocycles. The Bertz CT molecular complexity index is 609. The molecule has 2 rings (SSSR count). The smallest absolute Gasteiger partial charge is 0.223 e. The second-order valence-electron chi connectivity index (χ2n) is 4.66. The minimum atomic E-state index is -0.243. The lowest BCUT2D eigenvalue weighted by molar-refractivity contribution is -0.124. The van der Waals surface area contributed by atoms with Crippen LogP contribution < -0.4 is 5.32 Å². The summed E-state index contributed by atoms with van der Waals surface area (Å²) in [5.41, 5.74) is 2.31. The average Bonchev–Trinajstić information content (AvgIpc) is 2.82. The molecule has 0 aliphatic heterocycles. The number of carbonyl (C=O) groups excluding carboxylic acids is 1. The number of H-pyrrole nitrogens is 1. The fourth-order valence-corrected chi connectivity index (χ4v) is 2.06. The molecule has 0 bridgehead atoms. The highest BCUT2D eigenvalue weighted by molar-refractivity contribution is 5.83. The molecule has 2 N–H and O–H groups in total. The minimum absolute atomic E-state index is 0.0543. The van der Waals surface area contributed by atoms with Gasteiger partial charge in [0.2, 0.25) is 5.91 Å². The Morgan fingerprint density at radius 1 is 1.47 bits per heavy atom. The highest BCUT2D eigenvalue weighted by atomic mass is 16.1. The van der Waals surface area contributed by atoms with E-state index in [9.17, 15) is 4.79 Å². The maximum atomic E-state index is 11.7. The number of amides is 1. The molecule has 1 aromatic carbocycles. The van der Waals surface area contributed by atoms with Crippen LogP contribution in [0.1, 0.15) is 18.9 Å². The van der Waals surface area contributed by atoms with Gasteiger partial charge in [0.15, 0.2) is 0 Å². The van der Waals surface area contributed by atoms with Gasteiger partial charge in [-0.2, -0.15) is 5.26 Å². The molecule has 0 aliphatic rings. The number of aromatic amines is 1. The summed E-state index contributed by atoms with van der Waals surface area (Å²) in [7, 11) is 0. The fraction of sp³-hybridized carbons (Fsp3) is 0.333. The standard InChI is InChI=1S/C15H17N3O/c1-11(6-8-16)15(19)17-9-7-12-10-18-14-5-3-2-4-13(12)14/h2-5,10-11,18H,6-7,9H2,1H3,(H,17,19). The van der Waals surface area contributed by atoms with Crippen molar-refractivity contribution in [2.45, 2.75) is 19.8 Å². The van der Waals surface area contributed by atoms with Crippen LogP contribution in [0.5, 0.6) is 0 Å². The number of nitrogens with zero attached hydrogens (tertiary/aromatic N) is 1. The molecule has 4 heteroatoms. The number of rotatable bonds is 5. The van der Waals surface area contributed by atoms with Gasteiger partial charge in [-0.25, -0.2) is 0 Å². The first-order valence-electron chi connectivity index (χ1n) is 6.42. The van der Waals surface area contributed by atoms with Crippen LogP contribution in [0, 0.1) is 17.2 Å². The van der Waals surface area contributed by atoms with Crippen molar-refractivity contribution in [1.29, 1.82) is 5.26 Å². The molecule has 0 spiro atoms. The number of aromatic nitrogens is 1. The molecular formula is C15H17N3O. The number of hydrogen-bond acceptors (Lipinski definition) is 2. The molecule has 98 valence electrons. The number of nitrogens with one attached hydrogen (secondary N) is 2. The van der Waals surface area contributed by atoms with Crippen LogP contribution in [-0.2, 0) is 11.2 Å². The first kappa shape index (κ1) is 13.2. The topological polar surface area (TPSA) is 68.7 Å². The summed E-state index contributed by atoms with van der Waals surface area (Å²) in [6, 6.07) is 10.1. The van der Waals surface area contributed by atoms with E-state index in [4.69, 9.17) is 5.26 Å². The molecular weight excluding hydrogens is 238 g/mol. The Kier molecular flexibility index (Phi) is 4.19. The molecule has 1 atom stereocenters. The summed E-state index contributed by atoms with van der Waals surface area (Å²) < 4.78 is 0. The largest absolute Gasteiger partial charge is 0.361 e. The summed E-state index contributed by atoms with van der Waals surface area (Å²) >= 11 is 0. The lowest BCUT2D eigenvalue weighted by atomic mass is 10.1. The van der Waals surface area contributed by atoms with E-state index in [1.54, 1.807) is 6.92 Å². The highest BCUT2D eigenvalue weighted by Crippen LogP contribution is 2.17. The van der Waals surface area contributed by atoms with Crippen LogP contribution in [0.25, 0.3) is 10.9 Å². The average molecular weight is 255 g/mol. The van der Waals surface area contributed by atoms with Crippen molar-refractivity contribution in [2.24, 2.45) is 5.92 Å². The van der Waals surface area contributed by atoms with Crippen molar-refractivity contribution < 1.29 is 4.79 Å². The first-order valence-corrected chi connectivity index (χ1v) is 6.42. The van der Waals surface area contributed by atoms with Gasteiger partial charge in [-0.05, 0) is 18.1 Å². The second-order valence-corrected chi connectivity index (χ2v) is 4.66. The SMILES string of the molecule is CC(CC#N)C(=O)NCCc1c[nH]c2ccccc12. The maximum absolute atomic E-state index is 11.7. The van der Waals surface area contributed by atoms with Crippen LogP contribution in [0.4, 0.5) is 0 Å². The van der Waals surface area contributed by atoms with E-state index in [1.165, 1.54) is 10.9 Å². The number of para-hydroxylation sites is 1. The van der Waals surface area contributed by atoms with Gasteiger partial charge in [-0.1, -0.05) is 25.1 Å². The highest BCUT2D eigenvalue weighted by Gasteiger charge is 2.11. The van der Waals surface area contributed by atoms with E-state index in [2.05, 4.69) is 16.4 Å². The number of fused-ring (bicyclic) bond motifs is 1. The molecule has 1 aromatic heterocycles. The third-order valence-corrected chi connectivity index (χ3v) is 3.21. The lowest BCUT2D eigenvalue weighted by Crippen LogP contribution is -2.30. The van der Waals surface area contributed by atoms with Gasteiger partial charge in [-0.15, -0.1) is 0 Å². The zero-order valence-corrected chi connectivity index (χ0v) is 10.9. The maximum Gasteiger partial charge on any atom is 0.223 e. The van der Waals surface area contributed by atoms with Crippen LogP contribution in [0.2, 0.25) is 0 Å². The van der Waals surface area contributed by atoms with E-state index in [-0.39, 0.29) is 18.2 Å². The van der Waals surface area contributed by atoms with Crippen LogP contribution in [-0.4, -0.2) is 17.4 Å². The molecule has 0 fully saturated rings. The predicted octanol–water partition coefficient (Wildman–Crippen LogP) is 2.38. The lowest BCUT2D eigenvalue weighted by Gasteiger charge is -2.08. The van der Waals surface area contributed by atoms with Gasteiger partial charge in [0.05, 0.1) is 6.07 Å². The minimum Gasteiger partial charge on any atom is -0.361 e. The summed E-state index contributed by atoms with van der Waals surface area (Å²) in [6.07, 6.45) is 3.03. The first-order chi connectivity index (χ1) is 9.22. The zero-order chi connectivity index (χ0) is 13.7. The van der Waals surface area contributed by atoms with Crippen molar-refractivity contribution in [1.82, 2.24) is 10.3 Å². The molecule has 1 amide bonds. The van der Waals surface area contributed by atoms with E-state index in [0.717, 1.165) is 11.9 Å². The Balaban J connectivity index is 1.90. The molecule has 0 saturated carbocycles. The van der Waals surface area contributed by atoms with E-state index >= 15 is 0 Å². The Morgan fingerprint density at radius 2 is 2.26 bits per heavy atom. The Morgan fingerprint density at radius 3 is 3.05 bits per heavy atom. The third-order valence-electron chi connectivity index (χ3n) is 3.21. The molecule has 2 aromatic rings. The quantitative estimate of drug-likeness (QED) is 0.861. The number of carbonyl (C=O) groups is 1. The zero-order valence-electron chi connectivity index (χ0n) is 10.9. The molecule has 1 unspecified atom stereocenters. The van der Waals surface area contributed by atoms with Crippen LogP contribution in [0.3, 0.4) is 0 Å². The predicted molar refractivity (Wildman–Crippen MR) is 74.4 cm³/mol. The number of benzene rings is 1. The Hall–Kier alpha value is -2.28.